The van der Waals surface area contributed by atoms with Crippen molar-refractivity contribution in [2.24, 2.45) is 0 Å². The Balaban J connectivity index is 2.11. The van der Waals surface area contributed by atoms with Crippen molar-refractivity contribution in [1.29, 1.82) is 5.26 Å². The molecule has 2 heterocycles. The highest BCUT2D eigenvalue weighted by atomic mass is 16.5. The van der Waals surface area contributed by atoms with Crippen LogP contribution in [-0.2, 0) is 17.7 Å². The molecule has 0 spiro atoms. The third-order valence-electron chi connectivity index (χ3n) is 5.62. The molecule has 1 N–H and O–H groups in total. The van der Waals surface area contributed by atoms with Gasteiger partial charge < -0.3 is 14.3 Å². The van der Waals surface area contributed by atoms with Crippen molar-refractivity contribution in [1.82, 2.24) is 4.57 Å². The molecule has 0 radical (unpaired) electrons. The molecule has 0 amide bonds. The molecule has 3 rings (SSSR count). The summed E-state index contributed by atoms with van der Waals surface area (Å²) in [7, 11) is 0. The number of benzene rings is 1. The van der Waals surface area contributed by atoms with E-state index in [9.17, 15) is 20.0 Å². The number of hydrogen-bond acceptors (Lipinski definition) is 6. The molecule has 0 unspecified atom stereocenters. The highest BCUT2D eigenvalue weighted by Gasteiger charge is 2.28. The van der Waals surface area contributed by atoms with E-state index in [0.29, 0.717) is 24.2 Å². The average molecular weight is 437 g/mol. The number of rotatable bonds is 8. The molecule has 0 aliphatic rings. The lowest BCUT2D eigenvalue weighted by molar-refractivity contribution is 0.0743. The third kappa shape index (κ3) is 4.19. The van der Waals surface area contributed by atoms with E-state index in [0.717, 1.165) is 21.9 Å². The Labute approximate surface area is 186 Å². The lowest BCUT2D eigenvalue weighted by atomic mass is 9.98. The fourth-order valence-corrected chi connectivity index (χ4v) is 3.79. The molecule has 7 nitrogen and oxygen atoms in total. The summed E-state index contributed by atoms with van der Waals surface area (Å²) in [6, 6.07) is 7.62. The van der Waals surface area contributed by atoms with Gasteiger partial charge in [0.15, 0.2) is 5.76 Å². The average Bonchev–Trinajstić information content (AvgIpc) is 3.09. The Bertz CT molecular complexity index is 1270. The number of aromatic nitrogens is 1. The van der Waals surface area contributed by atoms with E-state index in [1.165, 1.54) is 6.92 Å². The molecule has 2 aromatic heterocycles. The van der Waals surface area contributed by atoms with E-state index in [1.54, 1.807) is 6.92 Å². The molecular formula is C25H28N2O5. The number of pyridine rings is 1. The number of furan rings is 1. The van der Waals surface area contributed by atoms with Crippen LogP contribution in [0.1, 0.15) is 65.6 Å². The van der Waals surface area contributed by atoms with Gasteiger partial charge in [0.05, 0.1) is 11.7 Å². The minimum absolute atomic E-state index is 0.0365. The highest BCUT2D eigenvalue weighted by molar-refractivity contribution is 6.12. The molecule has 0 saturated carbocycles. The summed E-state index contributed by atoms with van der Waals surface area (Å²) in [6.45, 7) is 9.62. The summed E-state index contributed by atoms with van der Waals surface area (Å²) in [4.78, 5) is 26.2. The Hall–Kier alpha value is -3.37. The van der Waals surface area contributed by atoms with Crippen LogP contribution < -0.4 is 5.56 Å². The van der Waals surface area contributed by atoms with Crippen LogP contribution in [0.4, 0.5) is 0 Å². The van der Waals surface area contributed by atoms with Crippen molar-refractivity contribution in [2.75, 3.05) is 6.61 Å². The first-order valence-corrected chi connectivity index (χ1v) is 10.8. The van der Waals surface area contributed by atoms with Crippen LogP contribution in [0, 0.1) is 25.2 Å². The fraction of sp³-hybridized carbons (Fsp3) is 0.400. The normalized spacial score (nSPS) is 11.3. The van der Waals surface area contributed by atoms with Crippen LogP contribution in [-0.4, -0.2) is 28.2 Å². The van der Waals surface area contributed by atoms with Crippen LogP contribution in [0.3, 0.4) is 0 Å². The molecular weight excluding hydrogens is 408 g/mol. The quantitative estimate of drug-likeness (QED) is 0.414. The summed E-state index contributed by atoms with van der Waals surface area (Å²) in [6.07, 6.45) is 1.33. The minimum Gasteiger partial charge on any atom is -0.494 e. The first-order chi connectivity index (χ1) is 15.2. The summed E-state index contributed by atoms with van der Waals surface area (Å²) in [5.74, 6) is -0.936. The largest absolute Gasteiger partial charge is 0.494 e. The number of ketones is 1. The minimum atomic E-state index is -0.627. The maximum atomic E-state index is 13.5. The van der Waals surface area contributed by atoms with Gasteiger partial charge in [-0.15, -0.1) is 0 Å². The molecule has 0 saturated heterocycles. The van der Waals surface area contributed by atoms with Gasteiger partial charge in [-0.25, -0.2) is 0 Å². The number of nitriles is 1. The molecule has 0 fully saturated rings. The van der Waals surface area contributed by atoms with Crippen LogP contribution in [0.5, 0.6) is 5.88 Å². The van der Waals surface area contributed by atoms with Gasteiger partial charge in [-0.3, -0.25) is 14.2 Å². The second kappa shape index (κ2) is 9.41. The van der Waals surface area contributed by atoms with E-state index in [-0.39, 0.29) is 35.1 Å². The van der Waals surface area contributed by atoms with Crippen molar-refractivity contribution < 1.29 is 19.1 Å². The fourth-order valence-electron chi connectivity index (χ4n) is 3.79. The van der Waals surface area contributed by atoms with Crippen molar-refractivity contribution in [3.63, 3.8) is 0 Å². The summed E-state index contributed by atoms with van der Waals surface area (Å²) in [5, 5.41) is 21.3. The van der Waals surface area contributed by atoms with E-state index >= 15 is 0 Å². The maximum Gasteiger partial charge on any atom is 0.271 e. The van der Waals surface area contributed by atoms with Crippen LogP contribution >= 0.6 is 0 Å². The van der Waals surface area contributed by atoms with Crippen LogP contribution in [0.2, 0.25) is 0 Å². The molecule has 7 heteroatoms. The van der Waals surface area contributed by atoms with Gasteiger partial charge in [0, 0.05) is 24.1 Å². The van der Waals surface area contributed by atoms with Gasteiger partial charge in [-0.1, -0.05) is 13.0 Å². The summed E-state index contributed by atoms with van der Waals surface area (Å²) < 4.78 is 12.4. The van der Waals surface area contributed by atoms with Crippen LogP contribution in [0.25, 0.3) is 11.0 Å². The second-order valence-corrected chi connectivity index (χ2v) is 8.11. The number of ether oxygens (including phenoxy) is 1. The van der Waals surface area contributed by atoms with Gasteiger partial charge in [0.1, 0.15) is 17.2 Å². The molecule has 0 bridgehead atoms. The van der Waals surface area contributed by atoms with Crippen molar-refractivity contribution in [2.45, 2.75) is 60.1 Å². The number of nitrogens with zero attached hydrogens (tertiary/aromatic N) is 2. The van der Waals surface area contributed by atoms with Crippen molar-refractivity contribution in [3.8, 4) is 11.9 Å². The highest BCUT2D eigenvalue weighted by Crippen LogP contribution is 2.31. The topological polar surface area (TPSA) is 105 Å². The van der Waals surface area contributed by atoms with Crippen molar-refractivity contribution >= 4 is 16.8 Å². The molecule has 0 aliphatic heterocycles. The monoisotopic (exact) mass is 436 g/mol. The Morgan fingerprint density at radius 2 is 2.00 bits per heavy atom. The molecule has 1 aromatic carbocycles. The van der Waals surface area contributed by atoms with E-state index in [1.807, 2.05) is 45.0 Å². The van der Waals surface area contributed by atoms with Crippen LogP contribution in [0.15, 0.2) is 27.4 Å². The maximum absolute atomic E-state index is 13.5. The number of carbonyl (C=O) groups is 1. The van der Waals surface area contributed by atoms with E-state index in [4.69, 9.17) is 9.15 Å². The van der Waals surface area contributed by atoms with Gasteiger partial charge in [0.2, 0.25) is 11.7 Å². The lowest BCUT2D eigenvalue weighted by Crippen LogP contribution is -2.27. The molecule has 3 aromatic rings. The zero-order chi connectivity index (χ0) is 23.6. The van der Waals surface area contributed by atoms with Gasteiger partial charge >= 0.3 is 0 Å². The number of hydrogen-bond donors (Lipinski definition) is 1. The smallest absolute Gasteiger partial charge is 0.271 e. The molecule has 0 atom stereocenters. The summed E-state index contributed by atoms with van der Waals surface area (Å²) in [5.41, 5.74) is 1.59. The second-order valence-electron chi connectivity index (χ2n) is 8.11. The van der Waals surface area contributed by atoms with E-state index in [2.05, 4.69) is 0 Å². The van der Waals surface area contributed by atoms with Crippen molar-refractivity contribution in [3.05, 3.63) is 62.1 Å². The first-order valence-electron chi connectivity index (χ1n) is 10.8. The number of fused-ring (bicyclic) bond motifs is 1. The van der Waals surface area contributed by atoms with Gasteiger partial charge in [-0.05, 0) is 63.8 Å². The van der Waals surface area contributed by atoms with Gasteiger partial charge in [-0.2, -0.15) is 5.26 Å². The third-order valence-corrected chi connectivity index (χ3v) is 5.62. The Morgan fingerprint density at radius 3 is 2.62 bits per heavy atom. The molecule has 32 heavy (non-hydrogen) atoms. The Morgan fingerprint density at radius 1 is 1.28 bits per heavy atom. The molecule has 168 valence electrons. The number of aryl methyl sites for hydroxylation is 2. The number of carbonyl (C=O) groups excluding carboxylic acids is 1. The zero-order valence-corrected chi connectivity index (χ0v) is 19.1. The first kappa shape index (κ1) is 23.3. The zero-order valence-electron chi connectivity index (χ0n) is 19.1. The number of aromatic hydroxyl groups is 1. The molecule has 0 aliphatic carbocycles. The predicted molar refractivity (Wildman–Crippen MR) is 121 cm³/mol. The summed E-state index contributed by atoms with van der Waals surface area (Å²) >= 11 is 0. The standard InChI is InChI=1S/C25H28N2O5/c1-6-17-8-9-20-18(12-17)16(5)23(32-20)22(28)21-15(4)19(13-26)24(29)27(25(21)30)10-7-11-31-14(2)3/h8-9,12,14,30H,6-7,10-11H2,1-5H3. The lowest BCUT2D eigenvalue weighted by Gasteiger charge is -2.15. The Kier molecular flexibility index (Phi) is 6.85. The van der Waals surface area contributed by atoms with Gasteiger partial charge in [0.25, 0.3) is 5.56 Å². The SMILES string of the molecule is CCc1ccc2oc(C(=O)c3c(C)c(C#N)c(=O)n(CCCOC(C)C)c3O)c(C)c2c1. The predicted octanol–water partition coefficient (Wildman–Crippen LogP) is 4.40. The van der Waals surface area contributed by atoms with E-state index < -0.39 is 17.2 Å².